The molecule has 0 aromatic rings. The van der Waals surface area contributed by atoms with Crippen molar-refractivity contribution in [2.45, 2.75) is 70.9 Å². The zero-order chi connectivity index (χ0) is 15.1. The summed E-state index contributed by atoms with van der Waals surface area (Å²) in [6.07, 6.45) is 10.4. The lowest BCUT2D eigenvalue weighted by molar-refractivity contribution is 0.0787. The minimum Gasteiger partial charge on any atom is -0.446 e. The standard InChI is InChI=1S/C17H31N2O2/c1-13(2)14-10-15(12-18-11-14)19-17(20)21-16-8-6-4-3-5-7-9-16/h10,13-16,18H,3-9,11-12H2,1-2H3,(H,19,20). The van der Waals surface area contributed by atoms with Gasteiger partial charge in [-0.25, -0.2) is 4.79 Å². The van der Waals surface area contributed by atoms with E-state index in [0.717, 1.165) is 25.9 Å². The van der Waals surface area contributed by atoms with Crippen molar-refractivity contribution in [3.63, 3.8) is 0 Å². The molecular weight excluding hydrogens is 264 g/mol. The zero-order valence-corrected chi connectivity index (χ0v) is 13.6. The molecule has 0 aromatic carbocycles. The van der Waals surface area contributed by atoms with Crippen LogP contribution in [0.3, 0.4) is 0 Å². The van der Waals surface area contributed by atoms with Gasteiger partial charge in [0.2, 0.25) is 0 Å². The average Bonchev–Trinajstić information content (AvgIpc) is 2.42. The van der Waals surface area contributed by atoms with Crippen LogP contribution in [0, 0.1) is 18.3 Å². The van der Waals surface area contributed by atoms with Crippen LogP contribution in [0.15, 0.2) is 0 Å². The number of hydrogen-bond donors (Lipinski definition) is 2. The van der Waals surface area contributed by atoms with Gasteiger partial charge in [0.15, 0.2) is 0 Å². The van der Waals surface area contributed by atoms with E-state index in [9.17, 15) is 4.79 Å². The molecule has 2 atom stereocenters. The largest absolute Gasteiger partial charge is 0.446 e. The number of piperidine rings is 1. The molecule has 0 aromatic heterocycles. The third-order valence-corrected chi connectivity index (χ3v) is 4.71. The van der Waals surface area contributed by atoms with Crippen LogP contribution >= 0.6 is 0 Å². The molecule has 0 bridgehead atoms. The topological polar surface area (TPSA) is 50.4 Å². The van der Waals surface area contributed by atoms with E-state index in [1.54, 1.807) is 0 Å². The monoisotopic (exact) mass is 295 g/mol. The van der Waals surface area contributed by atoms with Gasteiger partial charge in [-0.05, 0) is 50.5 Å². The quantitative estimate of drug-likeness (QED) is 0.840. The van der Waals surface area contributed by atoms with E-state index >= 15 is 0 Å². The van der Waals surface area contributed by atoms with Crippen LogP contribution in [0.5, 0.6) is 0 Å². The lowest BCUT2D eigenvalue weighted by Gasteiger charge is -2.32. The van der Waals surface area contributed by atoms with E-state index in [0.29, 0.717) is 11.8 Å². The SMILES string of the molecule is CC(C)C1[CH]C(NC(=O)OC2CCCCCCC2)CNC1. The Labute approximate surface area is 129 Å². The maximum Gasteiger partial charge on any atom is 0.407 e. The van der Waals surface area contributed by atoms with Gasteiger partial charge in [0.1, 0.15) is 6.10 Å². The van der Waals surface area contributed by atoms with Crippen molar-refractivity contribution in [3.8, 4) is 0 Å². The first-order chi connectivity index (χ1) is 10.1. The minimum atomic E-state index is -0.243. The van der Waals surface area contributed by atoms with Gasteiger partial charge in [0.05, 0.1) is 0 Å². The molecule has 2 rings (SSSR count). The van der Waals surface area contributed by atoms with E-state index < -0.39 is 0 Å². The molecule has 4 heteroatoms. The third-order valence-electron chi connectivity index (χ3n) is 4.71. The Kier molecular flexibility index (Phi) is 6.81. The van der Waals surface area contributed by atoms with Gasteiger partial charge in [0, 0.05) is 12.6 Å². The van der Waals surface area contributed by atoms with Crippen molar-refractivity contribution in [2.75, 3.05) is 13.1 Å². The Morgan fingerprint density at radius 1 is 1.14 bits per heavy atom. The van der Waals surface area contributed by atoms with Crippen LogP contribution in [0.4, 0.5) is 4.79 Å². The molecule has 1 aliphatic heterocycles. The van der Waals surface area contributed by atoms with Crippen molar-refractivity contribution in [1.82, 2.24) is 10.6 Å². The summed E-state index contributed by atoms with van der Waals surface area (Å²) < 4.78 is 5.63. The molecule has 2 N–H and O–H groups in total. The Hall–Kier alpha value is -0.770. The van der Waals surface area contributed by atoms with E-state index in [2.05, 4.69) is 30.9 Å². The summed E-state index contributed by atoms with van der Waals surface area (Å²) in [5.74, 6) is 1.12. The lowest BCUT2D eigenvalue weighted by atomic mass is 9.86. The molecule has 2 aliphatic rings. The van der Waals surface area contributed by atoms with Crippen molar-refractivity contribution in [3.05, 3.63) is 6.42 Å². The number of rotatable bonds is 3. The molecule has 4 nitrogen and oxygen atoms in total. The first-order valence-electron chi connectivity index (χ1n) is 8.68. The highest BCUT2D eigenvalue weighted by Crippen LogP contribution is 2.21. The Balaban J connectivity index is 1.72. The van der Waals surface area contributed by atoms with Crippen LogP contribution < -0.4 is 10.6 Å². The summed E-state index contributed by atoms with van der Waals surface area (Å²) in [5, 5.41) is 6.40. The van der Waals surface area contributed by atoms with Gasteiger partial charge in [-0.3, -0.25) is 0 Å². The summed E-state index contributed by atoms with van der Waals surface area (Å²) in [6, 6.07) is 0.0900. The van der Waals surface area contributed by atoms with Crippen LogP contribution in [0.1, 0.15) is 58.8 Å². The Morgan fingerprint density at radius 2 is 1.81 bits per heavy atom. The first kappa shape index (κ1) is 16.6. The summed E-state index contributed by atoms with van der Waals surface area (Å²) in [5.41, 5.74) is 0. The lowest BCUT2D eigenvalue weighted by Crippen LogP contribution is -2.50. The third kappa shape index (κ3) is 5.85. The van der Waals surface area contributed by atoms with Gasteiger partial charge in [-0.1, -0.05) is 33.1 Å². The molecule has 0 spiro atoms. The van der Waals surface area contributed by atoms with Crippen LogP contribution in [0.25, 0.3) is 0 Å². The zero-order valence-electron chi connectivity index (χ0n) is 13.6. The van der Waals surface area contributed by atoms with Crippen molar-refractivity contribution < 1.29 is 9.53 Å². The van der Waals surface area contributed by atoms with Crippen molar-refractivity contribution in [1.29, 1.82) is 0 Å². The second-order valence-electron chi connectivity index (χ2n) is 6.88. The summed E-state index contributed by atoms with van der Waals surface area (Å²) >= 11 is 0. The molecule has 2 unspecified atom stereocenters. The number of amides is 1. The molecule has 1 saturated carbocycles. The molecule has 2 fully saturated rings. The first-order valence-corrected chi connectivity index (χ1v) is 8.68. The summed E-state index contributed by atoms with van der Waals surface area (Å²) in [6.45, 7) is 6.26. The molecule has 1 heterocycles. The molecule has 21 heavy (non-hydrogen) atoms. The van der Waals surface area contributed by atoms with Crippen molar-refractivity contribution >= 4 is 6.09 Å². The summed E-state index contributed by atoms with van der Waals surface area (Å²) in [7, 11) is 0. The fraction of sp³-hybridized carbons (Fsp3) is 0.882. The van der Waals surface area contributed by atoms with E-state index in [1.807, 2.05) is 0 Å². The second kappa shape index (κ2) is 8.62. The molecule has 121 valence electrons. The Morgan fingerprint density at radius 3 is 2.48 bits per heavy atom. The number of ether oxygens (including phenoxy) is 1. The van der Waals surface area contributed by atoms with Crippen molar-refractivity contribution in [2.24, 2.45) is 11.8 Å². The maximum absolute atomic E-state index is 12.1. The number of carbonyl (C=O) groups is 1. The summed E-state index contributed by atoms with van der Waals surface area (Å²) in [4.78, 5) is 12.1. The fourth-order valence-electron chi connectivity index (χ4n) is 3.27. The molecular formula is C17H31N2O2. The number of alkyl carbamates (subject to hydrolysis) is 1. The van der Waals surface area contributed by atoms with Gasteiger partial charge >= 0.3 is 6.09 Å². The van der Waals surface area contributed by atoms with Gasteiger partial charge in [0.25, 0.3) is 0 Å². The minimum absolute atomic E-state index is 0.0900. The highest BCUT2D eigenvalue weighted by atomic mass is 16.6. The average molecular weight is 295 g/mol. The van der Waals surface area contributed by atoms with E-state index in [1.165, 1.54) is 32.1 Å². The van der Waals surface area contributed by atoms with Crippen LogP contribution in [-0.2, 0) is 4.74 Å². The molecule has 1 aliphatic carbocycles. The van der Waals surface area contributed by atoms with Gasteiger partial charge in [-0.2, -0.15) is 0 Å². The smallest absolute Gasteiger partial charge is 0.407 e. The fourth-order valence-corrected chi connectivity index (χ4v) is 3.27. The molecule has 1 amide bonds. The second-order valence-corrected chi connectivity index (χ2v) is 6.88. The van der Waals surface area contributed by atoms with E-state index in [-0.39, 0.29) is 18.2 Å². The van der Waals surface area contributed by atoms with E-state index in [4.69, 9.17) is 4.74 Å². The number of hydrogen-bond acceptors (Lipinski definition) is 3. The number of nitrogens with one attached hydrogen (secondary N) is 2. The highest BCUT2D eigenvalue weighted by Gasteiger charge is 2.26. The normalized spacial score (nSPS) is 28.7. The Bertz CT molecular complexity index is 312. The molecule has 1 saturated heterocycles. The van der Waals surface area contributed by atoms with Gasteiger partial charge < -0.3 is 15.4 Å². The maximum atomic E-state index is 12.1. The predicted molar refractivity (Wildman–Crippen MR) is 85.0 cm³/mol. The predicted octanol–water partition coefficient (Wildman–Crippen LogP) is 3.27. The highest BCUT2D eigenvalue weighted by molar-refractivity contribution is 5.68. The van der Waals surface area contributed by atoms with Crippen LogP contribution in [0.2, 0.25) is 0 Å². The molecule has 1 radical (unpaired) electrons. The van der Waals surface area contributed by atoms with Crippen LogP contribution in [-0.4, -0.2) is 31.3 Å². The van der Waals surface area contributed by atoms with Gasteiger partial charge in [-0.15, -0.1) is 0 Å². The number of carbonyl (C=O) groups excluding carboxylic acids is 1.